The number of hydrogen-bond donors (Lipinski definition) is 0. The zero-order valence-corrected chi connectivity index (χ0v) is 12.8. The molecular formula is C17H17NO2S. The SMILES string of the molecule is COc1ccc(N2C(=O)C(C)SC2c2ccccc2)cc1. The predicted molar refractivity (Wildman–Crippen MR) is 86.7 cm³/mol. The molecular weight excluding hydrogens is 282 g/mol. The van der Waals surface area contributed by atoms with Crippen molar-refractivity contribution in [1.82, 2.24) is 0 Å². The highest BCUT2D eigenvalue weighted by molar-refractivity contribution is 8.01. The molecule has 2 atom stereocenters. The summed E-state index contributed by atoms with van der Waals surface area (Å²) in [5, 5.41) is -0.000553. The topological polar surface area (TPSA) is 29.5 Å². The quantitative estimate of drug-likeness (QED) is 0.862. The van der Waals surface area contributed by atoms with Gasteiger partial charge in [-0.25, -0.2) is 0 Å². The minimum atomic E-state index is -0.0303. The molecule has 108 valence electrons. The fourth-order valence-corrected chi connectivity index (χ4v) is 3.75. The third kappa shape index (κ3) is 2.63. The van der Waals surface area contributed by atoms with Crippen LogP contribution in [0.2, 0.25) is 0 Å². The van der Waals surface area contributed by atoms with Gasteiger partial charge in [-0.05, 0) is 36.8 Å². The predicted octanol–water partition coefficient (Wildman–Crippen LogP) is 3.86. The molecule has 0 aliphatic carbocycles. The van der Waals surface area contributed by atoms with Gasteiger partial charge in [0.25, 0.3) is 0 Å². The van der Waals surface area contributed by atoms with Crippen LogP contribution in [0.15, 0.2) is 54.6 Å². The average Bonchev–Trinajstić information content (AvgIpc) is 2.84. The molecule has 0 spiro atoms. The Morgan fingerprint density at radius 3 is 2.33 bits per heavy atom. The molecule has 1 heterocycles. The summed E-state index contributed by atoms with van der Waals surface area (Å²) in [5.74, 6) is 0.946. The Balaban J connectivity index is 1.97. The Morgan fingerprint density at radius 1 is 1.05 bits per heavy atom. The van der Waals surface area contributed by atoms with E-state index in [-0.39, 0.29) is 16.5 Å². The summed E-state index contributed by atoms with van der Waals surface area (Å²) in [5.41, 5.74) is 2.06. The van der Waals surface area contributed by atoms with E-state index in [9.17, 15) is 4.79 Å². The van der Waals surface area contributed by atoms with Crippen LogP contribution >= 0.6 is 11.8 Å². The van der Waals surface area contributed by atoms with Crippen molar-refractivity contribution in [2.75, 3.05) is 12.0 Å². The lowest BCUT2D eigenvalue weighted by molar-refractivity contribution is -0.117. The Labute approximate surface area is 128 Å². The molecule has 2 unspecified atom stereocenters. The van der Waals surface area contributed by atoms with Crippen molar-refractivity contribution in [3.8, 4) is 5.75 Å². The summed E-state index contributed by atoms with van der Waals surface area (Å²) in [4.78, 5) is 14.4. The van der Waals surface area contributed by atoms with Gasteiger partial charge in [-0.1, -0.05) is 30.3 Å². The second-order valence-corrected chi connectivity index (χ2v) is 6.37. The minimum Gasteiger partial charge on any atom is -0.497 e. The molecule has 1 fully saturated rings. The number of anilines is 1. The van der Waals surface area contributed by atoms with Crippen LogP contribution in [0.5, 0.6) is 5.75 Å². The van der Waals surface area contributed by atoms with Crippen molar-refractivity contribution in [3.63, 3.8) is 0 Å². The lowest BCUT2D eigenvalue weighted by Crippen LogP contribution is -2.30. The van der Waals surface area contributed by atoms with Crippen molar-refractivity contribution in [2.24, 2.45) is 0 Å². The van der Waals surface area contributed by atoms with Gasteiger partial charge in [-0.3, -0.25) is 9.69 Å². The maximum Gasteiger partial charge on any atom is 0.241 e. The van der Waals surface area contributed by atoms with Gasteiger partial charge < -0.3 is 4.74 Å². The summed E-state index contributed by atoms with van der Waals surface area (Å²) in [6.07, 6.45) is 0. The smallest absolute Gasteiger partial charge is 0.241 e. The first-order chi connectivity index (χ1) is 10.2. The Kier molecular flexibility index (Phi) is 3.88. The second-order valence-electron chi connectivity index (χ2n) is 4.95. The van der Waals surface area contributed by atoms with E-state index in [1.807, 2.05) is 54.3 Å². The Morgan fingerprint density at radius 2 is 1.71 bits per heavy atom. The Hall–Kier alpha value is -1.94. The number of amides is 1. The third-order valence-corrected chi connectivity index (χ3v) is 4.94. The maximum atomic E-state index is 12.5. The number of benzene rings is 2. The number of carbonyl (C=O) groups is 1. The summed E-state index contributed by atoms with van der Waals surface area (Å²) in [6, 6.07) is 17.8. The molecule has 0 bridgehead atoms. The normalized spacial score (nSPS) is 21.6. The average molecular weight is 299 g/mol. The molecule has 1 aliphatic heterocycles. The lowest BCUT2D eigenvalue weighted by Gasteiger charge is -2.24. The van der Waals surface area contributed by atoms with E-state index in [1.54, 1.807) is 18.9 Å². The number of nitrogens with zero attached hydrogens (tertiary/aromatic N) is 1. The van der Waals surface area contributed by atoms with E-state index in [0.29, 0.717) is 0 Å². The van der Waals surface area contributed by atoms with E-state index < -0.39 is 0 Å². The van der Waals surface area contributed by atoms with Crippen LogP contribution in [0.4, 0.5) is 5.69 Å². The molecule has 0 radical (unpaired) electrons. The molecule has 0 aromatic heterocycles. The van der Waals surface area contributed by atoms with Crippen LogP contribution in [0.1, 0.15) is 17.9 Å². The van der Waals surface area contributed by atoms with E-state index in [4.69, 9.17) is 4.74 Å². The number of rotatable bonds is 3. The number of methoxy groups -OCH3 is 1. The fourth-order valence-electron chi connectivity index (χ4n) is 2.47. The molecule has 3 rings (SSSR count). The van der Waals surface area contributed by atoms with Crippen LogP contribution in [-0.4, -0.2) is 18.3 Å². The highest BCUT2D eigenvalue weighted by Gasteiger charge is 2.39. The number of thioether (sulfide) groups is 1. The molecule has 4 heteroatoms. The van der Waals surface area contributed by atoms with E-state index in [1.165, 1.54) is 0 Å². The molecule has 21 heavy (non-hydrogen) atoms. The minimum absolute atomic E-state index is 0.0297. The third-order valence-electron chi connectivity index (χ3n) is 3.59. The highest BCUT2D eigenvalue weighted by Crippen LogP contribution is 2.45. The molecule has 1 amide bonds. The monoisotopic (exact) mass is 299 g/mol. The van der Waals surface area contributed by atoms with Crippen molar-refractivity contribution in [1.29, 1.82) is 0 Å². The molecule has 1 aliphatic rings. The second kappa shape index (κ2) is 5.82. The molecule has 0 saturated carbocycles. The van der Waals surface area contributed by atoms with Crippen molar-refractivity contribution in [3.05, 3.63) is 60.2 Å². The van der Waals surface area contributed by atoms with Gasteiger partial charge in [0.15, 0.2) is 0 Å². The van der Waals surface area contributed by atoms with Crippen LogP contribution in [0.3, 0.4) is 0 Å². The Bertz CT molecular complexity index is 627. The lowest BCUT2D eigenvalue weighted by atomic mass is 10.2. The van der Waals surface area contributed by atoms with Crippen LogP contribution in [-0.2, 0) is 4.79 Å². The molecule has 2 aromatic carbocycles. The first-order valence-electron chi connectivity index (χ1n) is 6.88. The number of carbonyl (C=O) groups excluding carboxylic acids is 1. The summed E-state index contributed by atoms with van der Waals surface area (Å²) in [6.45, 7) is 1.96. The summed E-state index contributed by atoms with van der Waals surface area (Å²) in [7, 11) is 1.64. The summed E-state index contributed by atoms with van der Waals surface area (Å²) >= 11 is 1.68. The largest absolute Gasteiger partial charge is 0.497 e. The van der Waals surface area contributed by atoms with Crippen molar-refractivity contribution < 1.29 is 9.53 Å². The zero-order chi connectivity index (χ0) is 14.8. The van der Waals surface area contributed by atoms with Gasteiger partial charge in [0.1, 0.15) is 11.1 Å². The van der Waals surface area contributed by atoms with E-state index in [2.05, 4.69) is 12.1 Å². The first-order valence-corrected chi connectivity index (χ1v) is 7.82. The molecule has 1 saturated heterocycles. The molecule has 0 N–H and O–H groups in total. The standard InChI is InChI=1S/C17H17NO2S/c1-12-16(19)18(14-8-10-15(20-2)11-9-14)17(21-12)13-6-4-3-5-7-13/h3-12,17H,1-2H3. The van der Waals surface area contributed by atoms with Gasteiger partial charge in [0.2, 0.25) is 5.91 Å². The molecule has 2 aromatic rings. The fraction of sp³-hybridized carbons (Fsp3) is 0.235. The van der Waals surface area contributed by atoms with Crippen LogP contribution in [0.25, 0.3) is 0 Å². The maximum absolute atomic E-state index is 12.5. The van der Waals surface area contributed by atoms with Gasteiger partial charge in [-0.2, -0.15) is 0 Å². The molecule has 3 nitrogen and oxygen atoms in total. The van der Waals surface area contributed by atoms with Crippen molar-refractivity contribution >= 4 is 23.4 Å². The van der Waals surface area contributed by atoms with Crippen LogP contribution < -0.4 is 9.64 Å². The zero-order valence-electron chi connectivity index (χ0n) is 12.0. The number of hydrogen-bond acceptors (Lipinski definition) is 3. The summed E-state index contributed by atoms with van der Waals surface area (Å²) < 4.78 is 5.18. The van der Waals surface area contributed by atoms with Gasteiger partial charge in [0.05, 0.1) is 12.4 Å². The first kappa shape index (κ1) is 14.0. The van der Waals surface area contributed by atoms with Gasteiger partial charge in [-0.15, -0.1) is 11.8 Å². The van der Waals surface area contributed by atoms with Gasteiger partial charge in [0, 0.05) is 5.69 Å². The van der Waals surface area contributed by atoms with E-state index in [0.717, 1.165) is 17.0 Å². The van der Waals surface area contributed by atoms with Crippen LogP contribution in [0, 0.1) is 0 Å². The van der Waals surface area contributed by atoms with Gasteiger partial charge >= 0.3 is 0 Å². The van der Waals surface area contributed by atoms with E-state index >= 15 is 0 Å². The number of ether oxygens (including phenoxy) is 1. The highest BCUT2D eigenvalue weighted by atomic mass is 32.2. The van der Waals surface area contributed by atoms with Crippen molar-refractivity contribution in [2.45, 2.75) is 17.5 Å².